The standard InChI is InChI=1S/C60H113NO5/c1-3-5-7-9-11-13-15-17-19-20-22-25-28-32-36-40-44-48-52-58(63)57(56-62)61-59(64)53-49-45-41-37-33-29-26-23-21-24-27-31-35-39-43-47-51-55-66-60(65)54-50-46-42-38-34-30-18-16-14-12-10-8-6-4-2/h10,12,16,18,48,52,57-58,62-63H,3-9,11,13-15,17,19-47,49-51,53-56H2,1-2H3,(H,61,64)/b12-10-,18-16-,52-48+. The molecule has 0 aromatic carbocycles. The summed E-state index contributed by atoms with van der Waals surface area (Å²) in [4.78, 5) is 24.5. The van der Waals surface area contributed by atoms with Crippen LogP contribution in [0.2, 0.25) is 0 Å². The highest BCUT2D eigenvalue weighted by Crippen LogP contribution is 2.17. The van der Waals surface area contributed by atoms with Gasteiger partial charge in [-0.2, -0.15) is 0 Å². The minimum atomic E-state index is -0.849. The average Bonchev–Trinajstić information content (AvgIpc) is 3.32. The molecule has 6 heteroatoms. The van der Waals surface area contributed by atoms with Crippen molar-refractivity contribution in [3.05, 3.63) is 36.5 Å². The van der Waals surface area contributed by atoms with Crippen LogP contribution in [0.15, 0.2) is 36.5 Å². The van der Waals surface area contributed by atoms with Crippen LogP contribution < -0.4 is 5.32 Å². The Hall–Kier alpha value is -1.92. The summed E-state index contributed by atoms with van der Waals surface area (Å²) in [5.74, 6) is -0.0824. The van der Waals surface area contributed by atoms with Crippen LogP contribution in [0.5, 0.6) is 0 Å². The highest BCUT2D eigenvalue weighted by molar-refractivity contribution is 5.76. The number of aliphatic hydroxyl groups is 2. The molecule has 2 atom stereocenters. The zero-order chi connectivity index (χ0) is 47.9. The number of aliphatic hydroxyl groups excluding tert-OH is 2. The van der Waals surface area contributed by atoms with E-state index in [-0.39, 0.29) is 18.5 Å². The van der Waals surface area contributed by atoms with Crippen molar-refractivity contribution in [2.45, 2.75) is 321 Å². The molecule has 0 rings (SSSR count). The average molecular weight is 929 g/mol. The van der Waals surface area contributed by atoms with Gasteiger partial charge >= 0.3 is 5.97 Å². The first kappa shape index (κ1) is 64.1. The second-order valence-electron chi connectivity index (χ2n) is 20.0. The molecular formula is C60H113NO5. The van der Waals surface area contributed by atoms with Crippen LogP contribution in [0.1, 0.15) is 309 Å². The van der Waals surface area contributed by atoms with Crippen LogP contribution in [0.3, 0.4) is 0 Å². The smallest absolute Gasteiger partial charge is 0.305 e. The largest absolute Gasteiger partial charge is 0.466 e. The third-order valence-electron chi connectivity index (χ3n) is 13.4. The second kappa shape index (κ2) is 55.7. The molecule has 0 aliphatic carbocycles. The zero-order valence-electron chi connectivity index (χ0n) is 44.2. The first-order valence-corrected chi connectivity index (χ1v) is 29.3. The second-order valence-corrected chi connectivity index (χ2v) is 20.0. The van der Waals surface area contributed by atoms with Gasteiger partial charge in [-0.15, -0.1) is 0 Å². The van der Waals surface area contributed by atoms with Crippen molar-refractivity contribution in [3.8, 4) is 0 Å². The first-order valence-electron chi connectivity index (χ1n) is 29.3. The van der Waals surface area contributed by atoms with E-state index in [1.807, 2.05) is 6.08 Å². The molecule has 0 bridgehead atoms. The molecule has 6 nitrogen and oxygen atoms in total. The maximum atomic E-state index is 12.5. The van der Waals surface area contributed by atoms with Gasteiger partial charge in [0.05, 0.1) is 25.4 Å². The molecule has 0 fully saturated rings. The number of nitrogens with one attached hydrogen (secondary N) is 1. The van der Waals surface area contributed by atoms with Gasteiger partial charge in [0.2, 0.25) is 5.91 Å². The summed E-state index contributed by atoms with van der Waals surface area (Å²) in [6, 6.07) is -0.633. The molecule has 0 saturated carbocycles. The van der Waals surface area contributed by atoms with Crippen molar-refractivity contribution >= 4 is 11.9 Å². The van der Waals surface area contributed by atoms with Crippen LogP contribution in [0, 0.1) is 0 Å². The van der Waals surface area contributed by atoms with Crippen LogP contribution in [0.4, 0.5) is 0 Å². The minimum absolute atomic E-state index is 0.0102. The molecular weight excluding hydrogens is 815 g/mol. The molecule has 2 unspecified atom stereocenters. The molecule has 0 aliphatic rings. The van der Waals surface area contributed by atoms with Gasteiger partial charge in [0.15, 0.2) is 0 Å². The van der Waals surface area contributed by atoms with Crippen molar-refractivity contribution in [2.24, 2.45) is 0 Å². The monoisotopic (exact) mass is 928 g/mol. The summed E-state index contributed by atoms with van der Waals surface area (Å²) in [5, 5.41) is 23.2. The highest BCUT2D eigenvalue weighted by atomic mass is 16.5. The Bertz CT molecular complexity index is 1070. The van der Waals surface area contributed by atoms with E-state index in [2.05, 4.69) is 43.5 Å². The van der Waals surface area contributed by atoms with E-state index in [1.54, 1.807) is 6.08 Å². The Morgan fingerprint density at radius 3 is 1.20 bits per heavy atom. The van der Waals surface area contributed by atoms with Crippen LogP contribution in [-0.4, -0.2) is 47.4 Å². The normalized spacial score (nSPS) is 12.8. The van der Waals surface area contributed by atoms with E-state index >= 15 is 0 Å². The lowest BCUT2D eigenvalue weighted by atomic mass is 10.0. The quantitative estimate of drug-likeness (QED) is 0.0321. The number of carbonyl (C=O) groups excluding carboxylic acids is 2. The van der Waals surface area contributed by atoms with E-state index in [9.17, 15) is 19.8 Å². The summed E-state index contributed by atoms with van der Waals surface area (Å²) in [6.07, 6.45) is 68.7. The predicted molar refractivity (Wildman–Crippen MR) is 287 cm³/mol. The Morgan fingerprint density at radius 2 is 0.773 bits per heavy atom. The summed E-state index contributed by atoms with van der Waals surface area (Å²) in [7, 11) is 0. The van der Waals surface area contributed by atoms with E-state index in [0.29, 0.717) is 19.4 Å². The van der Waals surface area contributed by atoms with Gasteiger partial charge in [-0.25, -0.2) is 0 Å². The third-order valence-corrected chi connectivity index (χ3v) is 13.4. The number of hydrogen-bond acceptors (Lipinski definition) is 5. The lowest BCUT2D eigenvalue weighted by Gasteiger charge is -2.20. The van der Waals surface area contributed by atoms with Gasteiger partial charge in [-0.05, 0) is 57.8 Å². The molecule has 0 aromatic rings. The molecule has 0 radical (unpaired) electrons. The summed E-state index contributed by atoms with van der Waals surface area (Å²) < 4.78 is 5.46. The molecule has 66 heavy (non-hydrogen) atoms. The van der Waals surface area contributed by atoms with Crippen molar-refractivity contribution in [3.63, 3.8) is 0 Å². The lowest BCUT2D eigenvalue weighted by molar-refractivity contribution is -0.143. The van der Waals surface area contributed by atoms with Crippen LogP contribution in [-0.2, 0) is 14.3 Å². The van der Waals surface area contributed by atoms with Gasteiger partial charge in [-0.1, -0.05) is 275 Å². The number of rotatable bonds is 54. The summed E-state index contributed by atoms with van der Waals surface area (Å²) >= 11 is 0. The van der Waals surface area contributed by atoms with Gasteiger partial charge in [0.25, 0.3) is 0 Å². The maximum Gasteiger partial charge on any atom is 0.305 e. The lowest BCUT2D eigenvalue weighted by Crippen LogP contribution is -2.45. The number of hydrogen-bond donors (Lipinski definition) is 3. The Labute approximate surface area is 411 Å². The topological polar surface area (TPSA) is 95.9 Å². The zero-order valence-corrected chi connectivity index (χ0v) is 44.2. The van der Waals surface area contributed by atoms with Gasteiger partial charge in [-0.3, -0.25) is 9.59 Å². The van der Waals surface area contributed by atoms with Crippen molar-refractivity contribution in [1.29, 1.82) is 0 Å². The maximum absolute atomic E-state index is 12.5. The van der Waals surface area contributed by atoms with Gasteiger partial charge in [0.1, 0.15) is 0 Å². The van der Waals surface area contributed by atoms with Gasteiger partial charge < -0.3 is 20.3 Å². The number of unbranched alkanes of at least 4 members (excludes halogenated alkanes) is 39. The summed E-state index contributed by atoms with van der Waals surface area (Å²) in [6.45, 7) is 4.86. The third kappa shape index (κ3) is 51.5. The number of amides is 1. The fourth-order valence-electron chi connectivity index (χ4n) is 8.89. The molecule has 388 valence electrons. The molecule has 0 heterocycles. The molecule has 0 saturated heterocycles. The SMILES string of the molecule is CCCC/C=C\C/C=C\CCCCCCCC(=O)OCCCCCCCCCCCCCCCCCCCC(=O)NC(CO)C(O)/C=C/CCCCCCCCCCCCCCCCCC. The number of allylic oxidation sites excluding steroid dienone is 5. The summed E-state index contributed by atoms with van der Waals surface area (Å²) in [5.41, 5.74) is 0. The van der Waals surface area contributed by atoms with E-state index in [1.165, 1.54) is 231 Å². The number of esters is 1. The van der Waals surface area contributed by atoms with Crippen molar-refractivity contribution in [1.82, 2.24) is 5.32 Å². The molecule has 0 aliphatic heterocycles. The van der Waals surface area contributed by atoms with E-state index in [4.69, 9.17) is 4.74 Å². The Morgan fingerprint density at radius 1 is 0.424 bits per heavy atom. The number of ether oxygens (including phenoxy) is 1. The minimum Gasteiger partial charge on any atom is -0.466 e. The molecule has 0 aromatic heterocycles. The van der Waals surface area contributed by atoms with E-state index in [0.717, 1.165) is 51.4 Å². The van der Waals surface area contributed by atoms with Crippen LogP contribution in [0.25, 0.3) is 0 Å². The van der Waals surface area contributed by atoms with Gasteiger partial charge in [0, 0.05) is 12.8 Å². The van der Waals surface area contributed by atoms with Crippen molar-refractivity contribution in [2.75, 3.05) is 13.2 Å². The highest BCUT2D eigenvalue weighted by Gasteiger charge is 2.18. The van der Waals surface area contributed by atoms with E-state index < -0.39 is 12.1 Å². The van der Waals surface area contributed by atoms with Crippen LogP contribution >= 0.6 is 0 Å². The predicted octanol–water partition coefficient (Wildman–Crippen LogP) is 18.0. The molecule has 3 N–H and O–H groups in total. The molecule has 0 spiro atoms. The number of carbonyl (C=O) groups is 2. The fraction of sp³-hybridized carbons (Fsp3) is 0.867. The first-order chi connectivity index (χ1) is 32.5. The Balaban J connectivity index is 3.46. The fourth-order valence-corrected chi connectivity index (χ4v) is 8.89. The van der Waals surface area contributed by atoms with Crippen molar-refractivity contribution < 1.29 is 24.5 Å². The molecule has 1 amide bonds. The Kier molecular flexibility index (Phi) is 54.1.